The van der Waals surface area contributed by atoms with Crippen molar-refractivity contribution in [2.24, 2.45) is 0 Å². The van der Waals surface area contributed by atoms with Gasteiger partial charge in [-0.3, -0.25) is 4.79 Å². The molecule has 2 aromatic carbocycles. The van der Waals surface area contributed by atoms with Crippen molar-refractivity contribution in [1.29, 1.82) is 0 Å². The lowest BCUT2D eigenvalue weighted by molar-refractivity contribution is 0.102. The predicted octanol–water partition coefficient (Wildman–Crippen LogP) is 3.69. The number of anilines is 1. The maximum Gasteiger partial charge on any atom is 0.255 e. The number of thiazole rings is 1. The summed E-state index contributed by atoms with van der Waals surface area (Å²) in [4.78, 5) is 16.1. The normalized spacial score (nSPS) is 10.6. The minimum Gasteiger partial charge on any atom is -0.322 e. The standard InChI is InChI=1S/C14H9FN2OS/c15-10-3-1-2-9(6-10)14(18)17-11-4-5-12-13(7-11)19-8-16-12/h1-8H,(H,17,18). The van der Waals surface area contributed by atoms with Gasteiger partial charge in [0.2, 0.25) is 0 Å². The maximum absolute atomic E-state index is 13.0. The Morgan fingerprint density at radius 2 is 2.11 bits per heavy atom. The average Bonchev–Trinajstić information content (AvgIpc) is 2.86. The van der Waals surface area contributed by atoms with Crippen molar-refractivity contribution in [3.05, 3.63) is 59.4 Å². The third-order valence-corrected chi connectivity index (χ3v) is 3.47. The number of fused-ring (bicyclic) bond motifs is 1. The van der Waals surface area contributed by atoms with Crippen LogP contribution in [0.4, 0.5) is 10.1 Å². The third-order valence-electron chi connectivity index (χ3n) is 2.68. The number of nitrogens with one attached hydrogen (secondary N) is 1. The number of rotatable bonds is 2. The van der Waals surface area contributed by atoms with Gasteiger partial charge >= 0.3 is 0 Å². The van der Waals surface area contributed by atoms with E-state index in [1.54, 1.807) is 17.6 Å². The molecule has 3 rings (SSSR count). The smallest absolute Gasteiger partial charge is 0.255 e. The highest BCUT2D eigenvalue weighted by Crippen LogP contribution is 2.22. The van der Waals surface area contributed by atoms with Crippen LogP contribution in [0.5, 0.6) is 0 Å². The number of carbonyl (C=O) groups is 1. The van der Waals surface area contributed by atoms with E-state index < -0.39 is 5.82 Å². The van der Waals surface area contributed by atoms with Crippen LogP contribution in [0.1, 0.15) is 10.4 Å². The molecule has 0 bridgehead atoms. The van der Waals surface area contributed by atoms with E-state index in [-0.39, 0.29) is 5.91 Å². The zero-order valence-corrected chi connectivity index (χ0v) is 10.6. The van der Waals surface area contributed by atoms with Crippen LogP contribution in [0.2, 0.25) is 0 Å². The van der Waals surface area contributed by atoms with Crippen LogP contribution in [0.25, 0.3) is 10.2 Å². The molecular formula is C14H9FN2OS. The highest BCUT2D eigenvalue weighted by atomic mass is 32.1. The minimum atomic E-state index is -0.425. The quantitative estimate of drug-likeness (QED) is 0.773. The monoisotopic (exact) mass is 272 g/mol. The topological polar surface area (TPSA) is 42.0 Å². The van der Waals surface area contributed by atoms with Crippen LogP contribution in [0, 0.1) is 5.82 Å². The van der Waals surface area contributed by atoms with E-state index in [0.29, 0.717) is 11.3 Å². The number of aromatic nitrogens is 1. The number of carbonyl (C=O) groups excluding carboxylic acids is 1. The molecule has 1 aromatic heterocycles. The van der Waals surface area contributed by atoms with Gasteiger partial charge in [0.05, 0.1) is 15.7 Å². The van der Waals surface area contributed by atoms with Crippen molar-refractivity contribution in [2.75, 3.05) is 5.32 Å². The van der Waals surface area contributed by atoms with Crippen LogP contribution in [0.3, 0.4) is 0 Å². The summed E-state index contributed by atoms with van der Waals surface area (Å²) in [6, 6.07) is 11.1. The number of halogens is 1. The molecule has 0 saturated carbocycles. The highest BCUT2D eigenvalue weighted by molar-refractivity contribution is 7.16. The van der Waals surface area contributed by atoms with Crippen molar-refractivity contribution in [1.82, 2.24) is 4.98 Å². The molecule has 1 amide bonds. The molecule has 0 atom stereocenters. The van der Waals surface area contributed by atoms with Gasteiger partial charge in [-0.1, -0.05) is 6.07 Å². The van der Waals surface area contributed by atoms with Crippen LogP contribution in [-0.4, -0.2) is 10.9 Å². The molecule has 0 radical (unpaired) electrons. The predicted molar refractivity (Wildman–Crippen MR) is 74.0 cm³/mol. The van der Waals surface area contributed by atoms with E-state index in [1.807, 2.05) is 12.1 Å². The Balaban J connectivity index is 1.86. The van der Waals surface area contributed by atoms with Gasteiger partial charge in [-0.15, -0.1) is 11.3 Å². The molecule has 3 nitrogen and oxygen atoms in total. The van der Waals surface area contributed by atoms with Gasteiger partial charge in [0.15, 0.2) is 0 Å². The summed E-state index contributed by atoms with van der Waals surface area (Å²) in [7, 11) is 0. The maximum atomic E-state index is 13.0. The molecule has 5 heteroatoms. The van der Waals surface area contributed by atoms with Crippen LogP contribution < -0.4 is 5.32 Å². The lowest BCUT2D eigenvalue weighted by atomic mass is 10.2. The molecular weight excluding hydrogens is 263 g/mol. The van der Waals surface area contributed by atoms with E-state index in [0.717, 1.165) is 10.2 Å². The average molecular weight is 272 g/mol. The van der Waals surface area contributed by atoms with Gasteiger partial charge in [-0.05, 0) is 36.4 Å². The number of amides is 1. The number of hydrogen-bond acceptors (Lipinski definition) is 3. The first-order valence-electron chi connectivity index (χ1n) is 5.62. The molecule has 0 aliphatic rings. The molecule has 1 heterocycles. The molecule has 0 aliphatic carbocycles. The van der Waals surface area contributed by atoms with Gasteiger partial charge in [-0.2, -0.15) is 0 Å². The van der Waals surface area contributed by atoms with Crippen molar-refractivity contribution < 1.29 is 9.18 Å². The van der Waals surface area contributed by atoms with E-state index in [9.17, 15) is 9.18 Å². The Hall–Kier alpha value is -2.27. The molecule has 1 N–H and O–H groups in total. The van der Waals surface area contributed by atoms with Gasteiger partial charge < -0.3 is 5.32 Å². The van der Waals surface area contributed by atoms with Crippen LogP contribution >= 0.6 is 11.3 Å². The Morgan fingerprint density at radius 1 is 1.21 bits per heavy atom. The molecule has 94 valence electrons. The molecule has 0 unspecified atom stereocenters. The first-order valence-corrected chi connectivity index (χ1v) is 6.50. The Kier molecular flexibility index (Phi) is 2.97. The fraction of sp³-hybridized carbons (Fsp3) is 0. The van der Waals surface area contributed by atoms with Crippen molar-refractivity contribution >= 4 is 33.1 Å². The van der Waals surface area contributed by atoms with Gasteiger partial charge in [0.1, 0.15) is 5.82 Å². The lowest BCUT2D eigenvalue weighted by Gasteiger charge is -2.05. The summed E-state index contributed by atoms with van der Waals surface area (Å²) < 4.78 is 14.0. The fourth-order valence-corrected chi connectivity index (χ4v) is 2.48. The summed E-state index contributed by atoms with van der Waals surface area (Å²) >= 11 is 1.50. The minimum absolute atomic E-state index is 0.296. The number of hydrogen-bond donors (Lipinski definition) is 1. The third kappa shape index (κ3) is 2.46. The summed E-state index contributed by atoms with van der Waals surface area (Å²) in [5.41, 5.74) is 3.62. The highest BCUT2D eigenvalue weighted by Gasteiger charge is 2.07. The first kappa shape index (κ1) is 11.8. The SMILES string of the molecule is O=C(Nc1ccc2ncsc2c1)c1cccc(F)c1. The number of benzene rings is 2. The van der Waals surface area contributed by atoms with Crippen molar-refractivity contribution in [3.63, 3.8) is 0 Å². The Morgan fingerprint density at radius 3 is 2.95 bits per heavy atom. The largest absolute Gasteiger partial charge is 0.322 e. The summed E-state index contributed by atoms with van der Waals surface area (Å²) in [5.74, 6) is -0.756. The summed E-state index contributed by atoms with van der Waals surface area (Å²) in [5, 5.41) is 2.74. The molecule has 0 spiro atoms. The van der Waals surface area contributed by atoms with Crippen LogP contribution in [0.15, 0.2) is 48.0 Å². The van der Waals surface area contributed by atoms with Crippen LogP contribution in [-0.2, 0) is 0 Å². The summed E-state index contributed by atoms with van der Waals surface area (Å²) in [6.45, 7) is 0. The second-order valence-corrected chi connectivity index (χ2v) is 4.89. The second kappa shape index (κ2) is 4.78. The molecule has 19 heavy (non-hydrogen) atoms. The Bertz CT molecular complexity index is 754. The van der Waals surface area contributed by atoms with Gasteiger partial charge in [0, 0.05) is 11.3 Å². The lowest BCUT2D eigenvalue weighted by Crippen LogP contribution is -2.11. The summed E-state index contributed by atoms with van der Waals surface area (Å²) in [6.07, 6.45) is 0. The fourth-order valence-electron chi connectivity index (χ4n) is 1.77. The molecule has 0 fully saturated rings. The van der Waals surface area contributed by atoms with E-state index in [1.165, 1.54) is 29.5 Å². The molecule has 0 saturated heterocycles. The van der Waals surface area contributed by atoms with E-state index in [2.05, 4.69) is 10.3 Å². The second-order valence-electron chi connectivity index (χ2n) is 4.00. The van der Waals surface area contributed by atoms with Gasteiger partial charge in [0.25, 0.3) is 5.91 Å². The van der Waals surface area contributed by atoms with E-state index in [4.69, 9.17) is 0 Å². The zero-order chi connectivity index (χ0) is 13.2. The number of nitrogens with zero attached hydrogens (tertiary/aromatic N) is 1. The van der Waals surface area contributed by atoms with Crippen molar-refractivity contribution in [3.8, 4) is 0 Å². The van der Waals surface area contributed by atoms with Crippen molar-refractivity contribution in [2.45, 2.75) is 0 Å². The van der Waals surface area contributed by atoms with Gasteiger partial charge in [-0.25, -0.2) is 9.37 Å². The molecule has 3 aromatic rings. The molecule has 0 aliphatic heterocycles. The zero-order valence-electron chi connectivity index (χ0n) is 9.76. The first-order chi connectivity index (χ1) is 9.22. The Labute approximate surface area is 112 Å². The van der Waals surface area contributed by atoms with E-state index >= 15 is 0 Å².